The number of carbonyl (C=O) groups is 2. The Bertz CT molecular complexity index is 1870. The van der Waals surface area contributed by atoms with E-state index in [4.69, 9.17) is 0 Å². The van der Waals surface area contributed by atoms with Crippen LogP contribution in [0.15, 0.2) is 101 Å². The number of carbonyl (C=O) groups excluding carboxylic acids is 2. The lowest BCUT2D eigenvalue weighted by atomic mass is 9.99. The molecule has 2 amide bonds. The number of hydrogen-bond donors (Lipinski definition) is 1. The van der Waals surface area contributed by atoms with E-state index in [2.05, 4.69) is 15.3 Å². The van der Waals surface area contributed by atoms with Gasteiger partial charge in [-0.2, -0.15) is 0 Å². The van der Waals surface area contributed by atoms with Gasteiger partial charge >= 0.3 is 0 Å². The van der Waals surface area contributed by atoms with Gasteiger partial charge in [0.1, 0.15) is 18.9 Å². The summed E-state index contributed by atoms with van der Waals surface area (Å²) < 4.78 is 14.1. The predicted octanol–water partition coefficient (Wildman–Crippen LogP) is 4.93. The topological polar surface area (TPSA) is 160 Å². The lowest BCUT2D eigenvalue weighted by Gasteiger charge is -2.17. The van der Waals surface area contributed by atoms with Gasteiger partial charge in [0.25, 0.3) is 11.4 Å². The number of aliphatic imine (C=N–C) groups is 2. The molecule has 44 heavy (non-hydrogen) atoms. The number of hydrogen-bond acceptors (Lipinski definition) is 8. The van der Waals surface area contributed by atoms with E-state index >= 15 is 0 Å². The van der Waals surface area contributed by atoms with Crippen molar-refractivity contribution >= 4 is 46.0 Å². The number of nitrogens with one attached hydrogen (secondary N) is 1. The SMILES string of the molecule is CN1C(=O)CN=C(c2ccccc2F)c2cc([N+](=O)[O-])ccc21.O=C1CN=C(c2ccccc2)c2cc([N+](=O)[O-])ccc2N1. The summed E-state index contributed by atoms with van der Waals surface area (Å²) in [7, 11) is 1.56. The minimum atomic E-state index is -0.536. The van der Waals surface area contributed by atoms with E-state index in [0.29, 0.717) is 28.2 Å². The van der Waals surface area contributed by atoms with Crippen LogP contribution < -0.4 is 10.2 Å². The zero-order valence-electron chi connectivity index (χ0n) is 23.1. The van der Waals surface area contributed by atoms with Crippen LogP contribution in [0, 0.1) is 26.0 Å². The molecule has 0 bridgehead atoms. The molecule has 2 aliphatic heterocycles. The Labute approximate surface area is 249 Å². The van der Waals surface area contributed by atoms with Crippen molar-refractivity contribution in [3.05, 3.63) is 139 Å². The Balaban J connectivity index is 0.000000175. The van der Waals surface area contributed by atoms with Crippen LogP contribution in [0.3, 0.4) is 0 Å². The normalized spacial score (nSPS) is 13.9. The summed E-state index contributed by atoms with van der Waals surface area (Å²) in [6.45, 7) is -0.157. The van der Waals surface area contributed by atoms with Gasteiger partial charge < -0.3 is 10.2 Å². The molecule has 0 spiro atoms. The zero-order valence-corrected chi connectivity index (χ0v) is 23.1. The fourth-order valence-corrected chi connectivity index (χ4v) is 4.69. The van der Waals surface area contributed by atoms with E-state index in [0.717, 1.165) is 5.56 Å². The molecule has 0 fully saturated rings. The maximum Gasteiger partial charge on any atom is 0.270 e. The quantitative estimate of drug-likeness (QED) is 0.260. The molecule has 0 aliphatic carbocycles. The molecule has 220 valence electrons. The van der Waals surface area contributed by atoms with Crippen LogP contribution >= 0.6 is 0 Å². The average molecular weight is 595 g/mol. The van der Waals surface area contributed by atoms with E-state index in [9.17, 15) is 34.2 Å². The van der Waals surface area contributed by atoms with Crippen molar-refractivity contribution in [3.8, 4) is 0 Å². The molecule has 12 nitrogen and oxygen atoms in total. The minimum absolute atomic E-state index is 0.00724. The monoisotopic (exact) mass is 594 g/mol. The molecule has 1 N–H and O–H groups in total. The molecular weight excluding hydrogens is 571 g/mol. The van der Waals surface area contributed by atoms with Crippen molar-refractivity contribution in [1.29, 1.82) is 0 Å². The van der Waals surface area contributed by atoms with Gasteiger partial charge in [0, 0.05) is 53.6 Å². The van der Waals surface area contributed by atoms with Crippen LogP contribution in [0.2, 0.25) is 0 Å². The molecule has 0 unspecified atom stereocenters. The van der Waals surface area contributed by atoms with Crippen molar-refractivity contribution in [2.45, 2.75) is 0 Å². The van der Waals surface area contributed by atoms with E-state index in [-0.39, 0.29) is 47.6 Å². The molecule has 0 aromatic heterocycles. The predicted molar refractivity (Wildman–Crippen MR) is 162 cm³/mol. The Morgan fingerprint density at radius 2 is 1.36 bits per heavy atom. The summed E-state index contributed by atoms with van der Waals surface area (Å²) in [5, 5.41) is 24.7. The van der Waals surface area contributed by atoms with Crippen LogP contribution in [0.25, 0.3) is 0 Å². The number of likely N-dealkylation sites (N-methyl/N-ethyl adjacent to an activating group) is 1. The summed E-state index contributed by atoms with van der Waals surface area (Å²) in [6.07, 6.45) is 0. The first-order chi connectivity index (χ1) is 21.1. The Morgan fingerprint density at radius 1 is 0.750 bits per heavy atom. The molecule has 13 heteroatoms. The summed E-state index contributed by atoms with van der Waals surface area (Å²) in [5.41, 5.74) is 3.56. The van der Waals surface area contributed by atoms with E-state index in [1.807, 2.05) is 30.3 Å². The molecule has 2 heterocycles. The smallest absolute Gasteiger partial charge is 0.270 e. The van der Waals surface area contributed by atoms with Gasteiger partial charge in [-0.15, -0.1) is 0 Å². The van der Waals surface area contributed by atoms with Crippen LogP contribution in [0.4, 0.5) is 27.1 Å². The highest BCUT2D eigenvalue weighted by Crippen LogP contribution is 2.30. The van der Waals surface area contributed by atoms with Gasteiger partial charge in [0.05, 0.1) is 32.6 Å². The number of nitro groups is 2. The van der Waals surface area contributed by atoms with Crippen molar-refractivity contribution in [3.63, 3.8) is 0 Å². The molecule has 6 rings (SSSR count). The lowest BCUT2D eigenvalue weighted by molar-refractivity contribution is -0.385. The van der Waals surface area contributed by atoms with Crippen molar-refractivity contribution in [2.24, 2.45) is 9.98 Å². The number of rotatable bonds is 4. The third-order valence-electron chi connectivity index (χ3n) is 6.85. The first kappa shape index (κ1) is 29.4. The third-order valence-corrected chi connectivity index (χ3v) is 6.85. The number of benzene rings is 4. The second-order valence-electron chi connectivity index (χ2n) is 9.62. The fraction of sp³-hybridized carbons (Fsp3) is 0.0968. The number of anilines is 2. The van der Waals surface area contributed by atoms with Gasteiger partial charge in [0.15, 0.2) is 0 Å². The Kier molecular flexibility index (Phi) is 8.28. The van der Waals surface area contributed by atoms with Gasteiger partial charge in [-0.05, 0) is 24.3 Å². The molecular formula is C31H23FN6O6. The van der Waals surface area contributed by atoms with Gasteiger partial charge in [0.2, 0.25) is 11.8 Å². The second-order valence-corrected chi connectivity index (χ2v) is 9.62. The summed E-state index contributed by atoms with van der Waals surface area (Å²) in [6, 6.07) is 23.8. The van der Waals surface area contributed by atoms with Gasteiger partial charge in [-0.1, -0.05) is 42.5 Å². The summed E-state index contributed by atoms with van der Waals surface area (Å²) in [4.78, 5) is 54.6. The fourth-order valence-electron chi connectivity index (χ4n) is 4.69. The molecule has 0 saturated heterocycles. The number of nitro benzene ring substituents is 2. The molecule has 4 aromatic carbocycles. The molecule has 0 atom stereocenters. The first-order valence-corrected chi connectivity index (χ1v) is 13.2. The Morgan fingerprint density at radius 3 is 2.05 bits per heavy atom. The maximum absolute atomic E-state index is 14.1. The first-order valence-electron chi connectivity index (χ1n) is 13.2. The number of halogens is 1. The molecule has 0 saturated carbocycles. The highest BCUT2D eigenvalue weighted by molar-refractivity contribution is 6.20. The summed E-state index contributed by atoms with van der Waals surface area (Å²) >= 11 is 0. The highest BCUT2D eigenvalue weighted by atomic mass is 19.1. The summed E-state index contributed by atoms with van der Waals surface area (Å²) in [5.74, 6) is -1.01. The van der Waals surface area contributed by atoms with Crippen molar-refractivity contribution < 1.29 is 23.8 Å². The lowest BCUT2D eigenvalue weighted by Crippen LogP contribution is -2.27. The van der Waals surface area contributed by atoms with Gasteiger partial charge in [-0.3, -0.25) is 39.8 Å². The number of benzodiazepines with no additional fused rings is 2. The van der Waals surface area contributed by atoms with Crippen molar-refractivity contribution in [1.82, 2.24) is 0 Å². The van der Waals surface area contributed by atoms with Crippen LogP contribution in [-0.4, -0.2) is 53.2 Å². The zero-order chi connectivity index (χ0) is 31.4. The Hall–Kier alpha value is -6.11. The molecule has 4 aromatic rings. The number of fused-ring (bicyclic) bond motifs is 2. The van der Waals surface area contributed by atoms with Crippen LogP contribution in [0.1, 0.15) is 22.3 Å². The minimum Gasteiger partial charge on any atom is -0.324 e. The largest absolute Gasteiger partial charge is 0.324 e. The average Bonchev–Trinajstić information content (AvgIpc) is 3.26. The van der Waals surface area contributed by atoms with E-state index < -0.39 is 15.7 Å². The van der Waals surface area contributed by atoms with E-state index in [1.54, 1.807) is 19.2 Å². The third kappa shape index (κ3) is 6.06. The number of non-ortho nitro benzene ring substituents is 2. The van der Waals surface area contributed by atoms with Crippen LogP contribution in [0.5, 0.6) is 0 Å². The molecule has 0 radical (unpaired) electrons. The van der Waals surface area contributed by atoms with E-state index in [1.165, 1.54) is 53.4 Å². The number of nitrogens with zero attached hydrogens (tertiary/aromatic N) is 5. The molecule has 2 aliphatic rings. The number of amides is 2. The standard InChI is InChI=1S/C16H12FN3O3.C15H11N3O3/c1-19-14-7-6-10(20(22)23)8-12(14)16(18-9-15(19)21)11-4-2-3-5-13(11)17;19-14-9-16-15(10-4-2-1-3-5-10)12-8-11(18(20)21)6-7-13(12)17-14/h2-8H,9H2,1H3;1-8H,9H2,(H,17,19). The highest BCUT2D eigenvalue weighted by Gasteiger charge is 2.26. The van der Waals surface area contributed by atoms with Crippen molar-refractivity contribution in [2.75, 3.05) is 30.4 Å². The van der Waals surface area contributed by atoms with Gasteiger partial charge in [-0.25, -0.2) is 4.39 Å². The van der Waals surface area contributed by atoms with Crippen LogP contribution in [-0.2, 0) is 9.59 Å². The second kappa shape index (κ2) is 12.4. The maximum atomic E-state index is 14.1.